The fourth-order valence-corrected chi connectivity index (χ4v) is 2.23. The molecule has 0 spiro atoms. The van der Waals surface area contributed by atoms with Gasteiger partial charge in [-0.05, 0) is 36.6 Å². The fourth-order valence-electron chi connectivity index (χ4n) is 2.23. The molecule has 0 unspecified atom stereocenters. The Labute approximate surface area is 117 Å². The van der Waals surface area contributed by atoms with E-state index in [1.807, 2.05) is 25.1 Å². The molecular weight excluding hydrogens is 258 g/mol. The van der Waals surface area contributed by atoms with E-state index in [0.29, 0.717) is 18.7 Å². The largest absolute Gasteiger partial charge is 0.497 e. The van der Waals surface area contributed by atoms with Crippen molar-refractivity contribution >= 4 is 18.0 Å². The molecule has 5 nitrogen and oxygen atoms in total. The molecule has 1 aliphatic rings. The maximum Gasteiger partial charge on any atom is 0.394 e. The van der Waals surface area contributed by atoms with E-state index in [0.717, 1.165) is 16.7 Å². The second kappa shape index (κ2) is 5.77. The maximum atomic E-state index is 11.7. The normalized spacial score (nSPS) is 14.7. The number of benzene rings is 1. The lowest BCUT2D eigenvalue weighted by Gasteiger charge is -2.24. The summed E-state index contributed by atoms with van der Waals surface area (Å²) in [6.45, 7) is 2.66. The molecule has 1 aromatic rings. The van der Waals surface area contributed by atoms with Crippen LogP contribution in [0.15, 0.2) is 23.8 Å². The number of fused-ring (bicyclic) bond motifs is 1. The van der Waals surface area contributed by atoms with Crippen molar-refractivity contribution < 1.29 is 19.4 Å². The van der Waals surface area contributed by atoms with Crippen LogP contribution in [0.2, 0.25) is 0 Å². The number of carbonyl (C=O) groups excluding carboxylic acids is 1. The molecular formula is C15H17NO4. The van der Waals surface area contributed by atoms with Crippen molar-refractivity contribution in [1.29, 1.82) is 0 Å². The number of carboxylic acid groups (broad SMARTS) is 1. The van der Waals surface area contributed by atoms with Gasteiger partial charge in [0, 0.05) is 13.1 Å². The lowest BCUT2D eigenvalue weighted by atomic mass is 10.0. The first-order valence-corrected chi connectivity index (χ1v) is 6.37. The summed E-state index contributed by atoms with van der Waals surface area (Å²) in [6, 6.07) is 5.62. The van der Waals surface area contributed by atoms with E-state index >= 15 is 0 Å². The van der Waals surface area contributed by atoms with Crippen LogP contribution in [0.1, 0.15) is 24.5 Å². The Hall–Kier alpha value is -2.30. The van der Waals surface area contributed by atoms with Crippen LogP contribution in [0.3, 0.4) is 0 Å². The number of amides is 1. The number of aliphatic carboxylic acids is 1. The molecule has 0 saturated heterocycles. The minimum Gasteiger partial charge on any atom is -0.497 e. The quantitative estimate of drug-likeness (QED) is 0.795. The number of hydrogen-bond acceptors (Lipinski definition) is 3. The number of rotatable bonds is 1. The van der Waals surface area contributed by atoms with Crippen molar-refractivity contribution in [3.8, 4) is 5.75 Å². The highest BCUT2D eigenvalue weighted by Crippen LogP contribution is 2.24. The van der Waals surface area contributed by atoms with Crippen LogP contribution < -0.4 is 4.74 Å². The molecule has 2 rings (SSSR count). The summed E-state index contributed by atoms with van der Waals surface area (Å²) < 4.78 is 5.18. The molecule has 0 radical (unpaired) electrons. The van der Waals surface area contributed by atoms with Gasteiger partial charge in [0.15, 0.2) is 0 Å². The van der Waals surface area contributed by atoms with Crippen LogP contribution in [0.5, 0.6) is 5.75 Å². The molecule has 0 aromatic heterocycles. The van der Waals surface area contributed by atoms with Crippen LogP contribution in [-0.4, -0.2) is 35.5 Å². The van der Waals surface area contributed by atoms with E-state index in [9.17, 15) is 9.59 Å². The van der Waals surface area contributed by atoms with Crippen molar-refractivity contribution in [2.75, 3.05) is 13.7 Å². The molecule has 106 valence electrons. The number of ether oxygens (including phenoxy) is 1. The van der Waals surface area contributed by atoms with E-state index in [4.69, 9.17) is 9.84 Å². The van der Waals surface area contributed by atoms with Gasteiger partial charge in [-0.3, -0.25) is 4.79 Å². The van der Waals surface area contributed by atoms with E-state index in [1.165, 1.54) is 4.90 Å². The van der Waals surface area contributed by atoms with Gasteiger partial charge in [-0.25, -0.2) is 4.79 Å². The first-order valence-electron chi connectivity index (χ1n) is 6.37. The second-order valence-electron chi connectivity index (χ2n) is 4.84. The van der Waals surface area contributed by atoms with Gasteiger partial charge < -0.3 is 14.7 Å². The molecule has 1 heterocycles. The molecule has 0 fully saturated rings. The minimum absolute atomic E-state index is 0.279. The number of methoxy groups -OCH3 is 1. The molecule has 20 heavy (non-hydrogen) atoms. The van der Waals surface area contributed by atoms with Crippen LogP contribution in [0.25, 0.3) is 6.08 Å². The van der Waals surface area contributed by atoms with Crippen molar-refractivity contribution in [1.82, 2.24) is 4.90 Å². The summed E-state index contributed by atoms with van der Waals surface area (Å²) in [4.78, 5) is 24.0. The zero-order chi connectivity index (χ0) is 14.7. The molecule has 0 aliphatic carbocycles. The second-order valence-corrected chi connectivity index (χ2v) is 4.84. The average molecular weight is 275 g/mol. The van der Waals surface area contributed by atoms with Crippen LogP contribution >= 0.6 is 0 Å². The van der Waals surface area contributed by atoms with Gasteiger partial charge >= 0.3 is 11.9 Å². The summed E-state index contributed by atoms with van der Waals surface area (Å²) >= 11 is 0. The third-order valence-electron chi connectivity index (χ3n) is 3.36. The molecule has 1 amide bonds. The van der Waals surface area contributed by atoms with E-state index in [-0.39, 0.29) is 6.54 Å². The summed E-state index contributed by atoms with van der Waals surface area (Å²) in [5.74, 6) is -1.59. The van der Waals surface area contributed by atoms with Gasteiger partial charge in [0.05, 0.1) is 7.11 Å². The topological polar surface area (TPSA) is 66.8 Å². The predicted molar refractivity (Wildman–Crippen MR) is 74.3 cm³/mol. The summed E-state index contributed by atoms with van der Waals surface area (Å²) in [5.41, 5.74) is 2.99. The lowest BCUT2D eigenvalue weighted by Crippen LogP contribution is -2.37. The van der Waals surface area contributed by atoms with Gasteiger partial charge in [-0.15, -0.1) is 0 Å². The van der Waals surface area contributed by atoms with Crippen molar-refractivity contribution in [2.24, 2.45) is 0 Å². The van der Waals surface area contributed by atoms with Crippen LogP contribution in [-0.2, 0) is 16.1 Å². The van der Waals surface area contributed by atoms with E-state index in [1.54, 1.807) is 7.11 Å². The van der Waals surface area contributed by atoms with Gasteiger partial charge in [-0.2, -0.15) is 0 Å². The minimum atomic E-state index is -1.42. The van der Waals surface area contributed by atoms with E-state index < -0.39 is 11.9 Å². The Morgan fingerprint density at radius 3 is 2.75 bits per heavy atom. The fraction of sp³-hybridized carbons (Fsp3) is 0.333. The third-order valence-corrected chi connectivity index (χ3v) is 3.36. The van der Waals surface area contributed by atoms with Crippen molar-refractivity contribution in [2.45, 2.75) is 19.9 Å². The number of carboxylic acids is 1. The van der Waals surface area contributed by atoms with Crippen molar-refractivity contribution in [3.05, 3.63) is 34.9 Å². The van der Waals surface area contributed by atoms with Crippen molar-refractivity contribution in [3.63, 3.8) is 0 Å². The molecule has 0 atom stereocenters. The number of carbonyl (C=O) groups is 2. The zero-order valence-corrected chi connectivity index (χ0v) is 11.5. The molecule has 1 aliphatic heterocycles. The summed E-state index contributed by atoms with van der Waals surface area (Å²) in [5, 5.41) is 8.88. The Balaban J connectivity index is 2.40. The highest BCUT2D eigenvalue weighted by atomic mass is 16.5. The molecule has 0 bridgehead atoms. The monoisotopic (exact) mass is 275 g/mol. The molecule has 5 heteroatoms. The molecule has 0 saturated carbocycles. The predicted octanol–water partition coefficient (Wildman–Crippen LogP) is 1.92. The van der Waals surface area contributed by atoms with Gasteiger partial charge in [0.1, 0.15) is 5.75 Å². The SMILES string of the molecule is COc1ccc2c(c1)CN(C(=O)C(=O)O)CCC(C)=C2. The third kappa shape index (κ3) is 2.99. The van der Waals surface area contributed by atoms with E-state index in [2.05, 4.69) is 6.08 Å². The summed E-state index contributed by atoms with van der Waals surface area (Å²) in [6.07, 6.45) is 2.74. The first-order chi connectivity index (χ1) is 9.51. The standard InChI is InChI=1S/C15H17NO4/c1-10-5-6-16(14(17)15(18)19)9-12-8-13(20-2)4-3-11(12)7-10/h3-4,7-8H,5-6,9H2,1-2H3,(H,18,19). The lowest BCUT2D eigenvalue weighted by molar-refractivity contribution is -0.156. The Bertz CT molecular complexity index is 577. The Morgan fingerprint density at radius 1 is 1.35 bits per heavy atom. The Kier molecular flexibility index (Phi) is 4.08. The van der Waals surface area contributed by atoms with Gasteiger partial charge in [0.25, 0.3) is 0 Å². The highest BCUT2D eigenvalue weighted by Gasteiger charge is 2.23. The van der Waals surface area contributed by atoms with Gasteiger partial charge in [0.2, 0.25) is 0 Å². The highest BCUT2D eigenvalue weighted by molar-refractivity contribution is 6.31. The number of nitrogens with zero attached hydrogens (tertiary/aromatic N) is 1. The average Bonchev–Trinajstić information content (AvgIpc) is 2.41. The van der Waals surface area contributed by atoms with Crippen LogP contribution in [0.4, 0.5) is 0 Å². The van der Waals surface area contributed by atoms with Gasteiger partial charge in [-0.1, -0.05) is 17.7 Å². The number of hydrogen-bond donors (Lipinski definition) is 1. The zero-order valence-electron chi connectivity index (χ0n) is 11.5. The first kappa shape index (κ1) is 14.1. The molecule has 1 aromatic carbocycles. The smallest absolute Gasteiger partial charge is 0.394 e. The Morgan fingerprint density at radius 2 is 2.10 bits per heavy atom. The van der Waals surface area contributed by atoms with Crippen LogP contribution in [0, 0.1) is 0 Å². The molecule has 1 N–H and O–H groups in total. The maximum absolute atomic E-state index is 11.7. The summed E-state index contributed by atoms with van der Waals surface area (Å²) in [7, 11) is 1.58.